The first-order valence-electron chi connectivity index (χ1n) is 5.89. The second-order valence-electron chi connectivity index (χ2n) is 4.35. The molecule has 0 aliphatic carbocycles. The third-order valence-electron chi connectivity index (χ3n) is 2.80. The number of nitrogen functional groups attached to an aromatic ring is 1. The third-order valence-corrected chi connectivity index (χ3v) is 2.80. The summed E-state index contributed by atoms with van der Waals surface area (Å²) < 4.78 is 0. The molecule has 0 aliphatic rings. The van der Waals surface area contributed by atoms with E-state index in [4.69, 9.17) is 5.73 Å². The lowest BCUT2D eigenvalue weighted by atomic mass is 10.1. The number of anilines is 2. The van der Waals surface area contributed by atoms with Crippen LogP contribution in [0.4, 0.5) is 17.1 Å². The Labute approximate surface area is 115 Å². The van der Waals surface area contributed by atoms with Gasteiger partial charge in [-0.05, 0) is 31.2 Å². The highest BCUT2D eigenvalue weighted by Gasteiger charge is 2.15. The molecule has 0 aromatic heterocycles. The minimum absolute atomic E-state index is 0.0295. The van der Waals surface area contributed by atoms with Crippen molar-refractivity contribution in [1.82, 2.24) is 0 Å². The van der Waals surface area contributed by atoms with Gasteiger partial charge in [0.25, 0.3) is 11.6 Å². The Morgan fingerprint density at radius 1 is 1.20 bits per heavy atom. The van der Waals surface area contributed by atoms with Gasteiger partial charge in [0, 0.05) is 17.3 Å². The summed E-state index contributed by atoms with van der Waals surface area (Å²) in [5.74, 6) is -0.419. The quantitative estimate of drug-likeness (QED) is 0.509. The van der Waals surface area contributed by atoms with Crippen LogP contribution in [0.15, 0.2) is 42.5 Å². The summed E-state index contributed by atoms with van der Waals surface area (Å²) in [6.45, 7) is 1.94. The fraction of sp³-hybridized carbons (Fsp3) is 0.0714. The van der Waals surface area contributed by atoms with E-state index in [1.807, 2.05) is 19.1 Å². The number of nitrogens with zero attached hydrogens (tertiary/aromatic N) is 1. The van der Waals surface area contributed by atoms with Gasteiger partial charge in [0.05, 0.1) is 4.92 Å². The summed E-state index contributed by atoms with van der Waals surface area (Å²) >= 11 is 0. The van der Waals surface area contributed by atoms with Crippen molar-refractivity contribution >= 4 is 23.0 Å². The number of rotatable bonds is 3. The Hall–Kier alpha value is -2.89. The molecule has 0 spiro atoms. The molecule has 0 fully saturated rings. The van der Waals surface area contributed by atoms with E-state index in [1.165, 1.54) is 18.2 Å². The Balaban J connectivity index is 2.23. The zero-order chi connectivity index (χ0) is 14.7. The summed E-state index contributed by atoms with van der Waals surface area (Å²) in [4.78, 5) is 22.2. The van der Waals surface area contributed by atoms with E-state index in [0.717, 1.165) is 5.56 Å². The predicted octanol–water partition coefficient (Wildman–Crippen LogP) is 2.74. The number of amides is 1. The summed E-state index contributed by atoms with van der Waals surface area (Å²) in [5.41, 5.74) is 7.13. The molecule has 6 nitrogen and oxygen atoms in total. The number of aryl methyl sites for hydroxylation is 1. The van der Waals surface area contributed by atoms with Crippen LogP contribution in [-0.4, -0.2) is 10.8 Å². The molecule has 0 bridgehead atoms. The fourth-order valence-corrected chi connectivity index (χ4v) is 1.68. The Kier molecular flexibility index (Phi) is 3.65. The lowest BCUT2D eigenvalue weighted by molar-refractivity contribution is -0.383. The highest BCUT2D eigenvalue weighted by molar-refractivity contribution is 6.05. The summed E-state index contributed by atoms with van der Waals surface area (Å²) in [6.07, 6.45) is 0. The summed E-state index contributed by atoms with van der Waals surface area (Å²) in [6, 6.07) is 11.2. The van der Waals surface area contributed by atoms with Gasteiger partial charge in [0.1, 0.15) is 5.69 Å². The van der Waals surface area contributed by atoms with Gasteiger partial charge in [-0.1, -0.05) is 17.7 Å². The molecule has 0 radical (unpaired) electrons. The number of nitro groups is 1. The van der Waals surface area contributed by atoms with E-state index in [2.05, 4.69) is 5.32 Å². The highest BCUT2D eigenvalue weighted by atomic mass is 16.6. The van der Waals surface area contributed by atoms with Crippen molar-refractivity contribution in [3.63, 3.8) is 0 Å². The number of hydrogen-bond acceptors (Lipinski definition) is 4. The Bertz CT molecular complexity index is 666. The monoisotopic (exact) mass is 271 g/mol. The van der Waals surface area contributed by atoms with Crippen molar-refractivity contribution in [3.05, 3.63) is 63.7 Å². The molecular weight excluding hydrogens is 258 g/mol. The predicted molar refractivity (Wildman–Crippen MR) is 76.6 cm³/mol. The van der Waals surface area contributed by atoms with Gasteiger partial charge in [-0.25, -0.2) is 0 Å². The molecule has 0 saturated heterocycles. The van der Waals surface area contributed by atoms with Crippen LogP contribution in [0, 0.1) is 17.0 Å². The second kappa shape index (κ2) is 5.40. The first kappa shape index (κ1) is 13.5. The van der Waals surface area contributed by atoms with Crippen LogP contribution in [-0.2, 0) is 0 Å². The smallest absolute Gasteiger partial charge is 0.292 e. The largest absolute Gasteiger partial charge is 0.393 e. The van der Waals surface area contributed by atoms with Crippen LogP contribution in [0.2, 0.25) is 0 Å². The summed E-state index contributed by atoms with van der Waals surface area (Å²) in [7, 11) is 0. The average Bonchev–Trinajstić information content (AvgIpc) is 2.41. The van der Waals surface area contributed by atoms with Gasteiger partial charge < -0.3 is 11.1 Å². The minimum atomic E-state index is -0.613. The molecule has 102 valence electrons. The summed E-state index contributed by atoms with van der Waals surface area (Å²) in [5, 5.41) is 13.5. The first-order chi connectivity index (χ1) is 9.47. The zero-order valence-corrected chi connectivity index (χ0v) is 10.8. The number of nitrogens with two attached hydrogens (primary N) is 1. The van der Waals surface area contributed by atoms with E-state index < -0.39 is 10.8 Å². The lowest BCUT2D eigenvalue weighted by Gasteiger charge is -2.06. The average molecular weight is 271 g/mol. The number of carbonyl (C=O) groups excluding carboxylic acids is 1. The van der Waals surface area contributed by atoms with Crippen LogP contribution in [0.5, 0.6) is 0 Å². The minimum Gasteiger partial charge on any atom is -0.393 e. The van der Waals surface area contributed by atoms with Crippen LogP contribution in [0.1, 0.15) is 15.9 Å². The molecule has 0 heterocycles. The molecule has 6 heteroatoms. The molecule has 0 unspecified atom stereocenters. The van der Waals surface area contributed by atoms with Gasteiger partial charge in [-0.2, -0.15) is 0 Å². The molecule has 0 aliphatic heterocycles. The van der Waals surface area contributed by atoms with E-state index in [1.54, 1.807) is 12.1 Å². The van der Waals surface area contributed by atoms with Crippen molar-refractivity contribution in [1.29, 1.82) is 0 Å². The van der Waals surface area contributed by atoms with Crippen molar-refractivity contribution in [3.8, 4) is 0 Å². The van der Waals surface area contributed by atoms with Crippen LogP contribution >= 0.6 is 0 Å². The molecule has 3 N–H and O–H groups in total. The number of carbonyl (C=O) groups is 1. The normalized spacial score (nSPS) is 10.1. The molecule has 0 atom stereocenters. The van der Waals surface area contributed by atoms with Crippen molar-refractivity contribution in [2.24, 2.45) is 0 Å². The van der Waals surface area contributed by atoms with E-state index in [0.29, 0.717) is 5.69 Å². The SMILES string of the molecule is Cc1ccc(NC(=O)c2ccc(N)c([N+](=O)[O-])c2)cc1. The van der Waals surface area contributed by atoms with E-state index in [-0.39, 0.29) is 16.9 Å². The molecule has 2 aromatic rings. The van der Waals surface area contributed by atoms with E-state index >= 15 is 0 Å². The van der Waals surface area contributed by atoms with Crippen LogP contribution in [0.25, 0.3) is 0 Å². The van der Waals surface area contributed by atoms with Gasteiger partial charge in [-0.15, -0.1) is 0 Å². The van der Waals surface area contributed by atoms with Crippen molar-refractivity contribution in [2.45, 2.75) is 6.92 Å². The molecular formula is C14H13N3O3. The van der Waals surface area contributed by atoms with E-state index in [9.17, 15) is 14.9 Å². The molecule has 1 amide bonds. The third kappa shape index (κ3) is 2.92. The maximum atomic E-state index is 12.0. The standard InChI is InChI=1S/C14H13N3O3/c1-9-2-5-11(6-3-9)16-14(18)10-4-7-12(15)13(8-10)17(19)20/h2-8H,15H2,1H3,(H,16,18). The van der Waals surface area contributed by atoms with Crippen molar-refractivity contribution < 1.29 is 9.72 Å². The lowest BCUT2D eigenvalue weighted by Crippen LogP contribution is -2.12. The second-order valence-corrected chi connectivity index (χ2v) is 4.35. The van der Waals surface area contributed by atoms with Crippen molar-refractivity contribution in [2.75, 3.05) is 11.1 Å². The topological polar surface area (TPSA) is 98.3 Å². The van der Waals surface area contributed by atoms with Crippen LogP contribution in [0.3, 0.4) is 0 Å². The van der Waals surface area contributed by atoms with Gasteiger partial charge in [0.15, 0.2) is 0 Å². The van der Waals surface area contributed by atoms with Crippen LogP contribution < -0.4 is 11.1 Å². The maximum absolute atomic E-state index is 12.0. The molecule has 0 saturated carbocycles. The Morgan fingerprint density at radius 2 is 1.85 bits per heavy atom. The highest BCUT2D eigenvalue weighted by Crippen LogP contribution is 2.23. The number of hydrogen-bond donors (Lipinski definition) is 2. The van der Waals surface area contributed by atoms with Gasteiger partial charge in [-0.3, -0.25) is 14.9 Å². The molecule has 20 heavy (non-hydrogen) atoms. The van der Waals surface area contributed by atoms with Gasteiger partial charge in [0.2, 0.25) is 0 Å². The zero-order valence-electron chi connectivity index (χ0n) is 10.8. The number of nitro benzene ring substituents is 1. The number of nitrogens with one attached hydrogen (secondary N) is 1. The Morgan fingerprint density at radius 3 is 2.45 bits per heavy atom. The van der Waals surface area contributed by atoms with Gasteiger partial charge >= 0.3 is 0 Å². The number of benzene rings is 2. The fourth-order valence-electron chi connectivity index (χ4n) is 1.68. The maximum Gasteiger partial charge on any atom is 0.292 e. The first-order valence-corrected chi connectivity index (χ1v) is 5.89. The molecule has 2 rings (SSSR count). The molecule has 2 aromatic carbocycles.